The van der Waals surface area contributed by atoms with Gasteiger partial charge < -0.3 is 15.2 Å². The van der Waals surface area contributed by atoms with Crippen molar-refractivity contribution in [1.29, 1.82) is 0 Å². The van der Waals surface area contributed by atoms with E-state index in [2.05, 4.69) is 5.32 Å². The van der Waals surface area contributed by atoms with E-state index >= 15 is 0 Å². The SMILES string of the molecule is O=C(NCCOCCO)c1sc2cc(F)ccc2c1Cl. The van der Waals surface area contributed by atoms with Crippen LogP contribution >= 0.6 is 22.9 Å². The topological polar surface area (TPSA) is 58.6 Å². The van der Waals surface area contributed by atoms with Gasteiger partial charge in [0, 0.05) is 16.6 Å². The second-order valence-electron chi connectivity index (χ2n) is 3.98. The van der Waals surface area contributed by atoms with E-state index in [0.29, 0.717) is 33.1 Å². The van der Waals surface area contributed by atoms with E-state index in [1.165, 1.54) is 12.1 Å². The second-order valence-corrected chi connectivity index (χ2v) is 5.41. The number of carbonyl (C=O) groups excluding carboxylic acids is 1. The maximum Gasteiger partial charge on any atom is 0.263 e. The number of ether oxygens (including phenoxy) is 1. The Morgan fingerprint density at radius 2 is 2.25 bits per heavy atom. The zero-order chi connectivity index (χ0) is 14.5. The molecule has 108 valence electrons. The molecular formula is C13H13ClFNO3S. The van der Waals surface area contributed by atoms with Crippen LogP contribution in [0.3, 0.4) is 0 Å². The number of benzene rings is 1. The van der Waals surface area contributed by atoms with Gasteiger partial charge in [-0.05, 0) is 18.2 Å². The molecule has 0 aliphatic carbocycles. The van der Waals surface area contributed by atoms with Crippen molar-refractivity contribution in [2.45, 2.75) is 0 Å². The molecule has 0 radical (unpaired) electrons. The maximum absolute atomic E-state index is 13.1. The molecular weight excluding hydrogens is 305 g/mol. The van der Waals surface area contributed by atoms with E-state index in [4.69, 9.17) is 21.4 Å². The fourth-order valence-electron chi connectivity index (χ4n) is 1.67. The van der Waals surface area contributed by atoms with E-state index in [9.17, 15) is 9.18 Å². The van der Waals surface area contributed by atoms with Gasteiger partial charge in [0.25, 0.3) is 5.91 Å². The first-order valence-corrected chi connectivity index (χ1v) is 7.17. The van der Waals surface area contributed by atoms with Crippen LogP contribution in [0.4, 0.5) is 4.39 Å². The highest BCUT2D eigenvalue weighted by Crippen LogP contribution is 2.35. The summed E-state index contributed by atoms with van der Waals surface area (Å²) >= 11 is 7.28. The van der Waals surface area contributed by atoms with E-state index in [-0.39, 0.29) is 24.9 Å². The summed E-state index contributed by atoms with van der Waals surface area (Å²) in [4.78, 5) is 12.3. The number of aliphatic hydroxyl groups excluding tert-OH is 1. The third-order valence-corrected chi connectivity index (χ3v) is 4.22. The van der Waals surface area contributed by atoms with Gasteiger partial charge in [-0.25, -0.2) is 4.39 Å². The molecule has 7 heteroatoms. The second kappa shape index (κ2) is 6.99. The van der Waals surface area contributed by atoms with Crippen LogP contribution in [0.1, 0.15) is 9.67 Å². The summed E-state index contributed by atoms with van der Waals surface area (Å²) in [5, 5.41) is 12.2. The van der Waals surface area contributed by atoms with Gasteiger partial charge in [-0.3, -0.25) is 4.79 Å². The predicted octanol–water partition coefficient (Wildman–Crippen LogP) is 2.43. The molecule has 4 nitrogen and oxygen atoms in total. The summed E-state index contributed by atoms with van der Waals surface area (Å²) < 4.78 is 18.8. The molecule has 0 bridgehead atoms. The van der Waals surface area contributed by atoms with Crippen molar-refractivity contribution in [3.8, 4) is 0 Å². The Morgan fingerprint density at radius 3 is 3.00 bits per heavy atom. The Balaban J connectivity index is 2.04. The van der Waals surface area contributed by atoms with E-state index in [0.717, 1.165) is 11.3 Å². The Labute approximate surface area is 124 Å². The van der Waals surface area contributed by atoms with Crippen molar-refractivity contribution < 1.29 is 19.0 Å². The number of hydrogen-bond donors (Lipinski definition) is 2. The van der Waals surface area contributed by atoms with Crippen LogP contribution in [0.15, 0.2) is 18.2 Å². The van der Waals surface area contributed by atoms with Crippen molar-refractivity contribution in [2.75, 3.05) is 26.4 Å². The Hall–Kier alpha value is -1.21. The zero-order valence-corrected chi connectivity index (χ0v) is 12.1. The lowest BCUT2D eigenvalue weighted by atomic mass is 10.2. The molecule has 0 aliphatic heterocycles. The molecule has 0 unspecified atom stereocenters. The maximum atomic E-state index is 13.1. The van der Waals surface area contributed by atoms with Gasteiger partial charge in [-0.2, -0.15) is 0 Å². The Bertz CT molecular complexity index is 617. The van der Waals surface area contributed by atoms with Crippen molar-refractivity contribution in [3.63, 3.8) is 0 Å². The lowest BCUT2D eigenvalue weighted by Crippen LogP contribution is -2.27. The number of nitrogens with one attached hydrogen (secondary N) is 1. The number of amides is 1. The van der Waals surface area contributed by atoms with Crippen molar-refractivity contribution in [1.82, 2.24) is 5.32 Å². The van der Waals surface area contributed by atoms with Crippen molar-refractivity contribution in [2.24, 2.45) is 0 Å². The molecule has 1 aromatic carbocycles. The summed E-state index contributed by atoms with van der Waals surface area (Å²) in [6.45, 7) is 0.807. The molecule has 2 rings (SSSR count). The predicted molar refractivity (Wildman–Crippen MR) is 77.0 cm³/mol. The molecule has 0 aliphatic rings. The van der Waals surface area contributed by atoms with Gasteiger partial charge in [-0.1, -0.05) is 11.6 Å². The number of thiophene rings is 1. The number of aliphatic hydroxyl groups is 1. The molecule has 0 saturated heterocycles. The Morgan fingerprint density at radius 1 is 1.45 bits per heavy atom. The third-order valence-electron chi connectivity index (χ3n) is 2.57. The van der Waals surface area contributed by atoms with Gasteiger partial charge in [0.2, 0.25) is 0 Å². The molecule has 0 atom stereocenters. The highest BCUT2D eigenvalue weighted by Gasteiger charge is 2.17. The lowest BCUT2D eigenvalue weighted by Gasteiger charge is -2.04. The van der Waals surface area contributed by atoms with Crippen LogP contribution in [0.25, 0.3) is 10.1 Å². The highest BCUT2D eigenvalue weighted by atomic mass is 35.5. The molecule has 0 spiro atoms. The molecule has 1 heterocycles. The number of rotatable bonds is 6. The molecule has 0 saturated carbocycles. The smallest absolute Gasteiger partial charge is 0.263 e. The van der Waals surface area contributed by atoms with Gasteiger partial charge in [0.1, 0.15) is 10.7 Å². The average molecular weight is 318 g/mol. The monoisotopic (exact) mass is 317 g/mol. The minimum atomic E-state index is -0.361. The number of fused-ring (bicyclic) bond motifs is 1. The van der Waals surface area contributed by atoms with Crippen LogP contribution in [0.2, 0.25) is 5.02 Å². The van der Waals surface area contributed by atoms with Crippen LogP contribution in [0, 0.1) is 5.82 Å². The minimum absolute atomic E-state index is 0.0539. The van der Waals surface area contributed by atoms with Crippen LogP contribution in [-0.4, -0.2) is 37.4 Å². The molecule has 1 aromatic heterocycles. The van der Waals surface area contributed by atoms with Crippen LogP contribution in [-0.2, 0) is 4.74 Å². The molecule has 2 N–H and O–H groups in total. The third kappa shape index (κ3) is 3.46. The summed E-state index contributed by atoms with van der Waals surface area (Å²) in [5.41, 5.74) is 0. The first-order valence-electron chi connectivity index (χ1n) is 5.98. The molecule has 2 aromatic rings. The van der Waals surface area contributed by atoms with Crippen molar-refractivity contribution in [3.05, 3.63) is 33.9 Å². The van der Waals surface area contributed by atoms with Crippen LogP contribution < -0.4 is 5.32 Å². The summed E-state index contributed by atoms with van der Waals surface area (Å²) in [6, 6.07) is 4.23. The molecule has 20 heavy (non-hydrogen) atoms. The Kier molecular flexibility index (Phi) is 5.31. The fourth-order valence-corrected chi connectivity index (χ4v) is 3.13. The summed E-state index contributed by atoms with van der Waals surface area (Å²) in [6.07, 6.45) is 0. The zero-order valence-electron chi connectivity index (χ0n) is 10.5. The highest BCUT2D eigenvalue weighted by molar-refractivity contribution is 7.21. The van der Waals surface area contributed by atoms with E-state index in [1.54, 1.807) is 6.07 Å². The van der Waals surface area contributed by atoms with Gasteiger partial charge in [0.05, 0.1) is 24.8 Å². The molecule has 1 amide bonds. The largest absolute Gasteiger partial charge is 0.394 e. The van der Waals surface area contributed by atoms with Gasteiger partial charge >= 0.3 is 0 Å². The summed E-state index contributed by atoms with van der Waals surface area (Å²) in [5.74, 6) is -0.677. The number of halogens is 2. The minimum Gasteiger partial charge on any atom is -0.394 e. The first-order chi connectivity index (χ1) is 9.63. The normalized spacial score (nSPS) is 10.9. The number of carbonyl (C=O) groups is 1. The molecule has 0 fully saturated rings. The fraction of sp³-hybridized carbons (Fsp3) is 0.308. The van der Waals surface area contributed by atoms with E-state index < -0.39 is 0 Å². The summed E-state index contributed by atoms with van der Waals surface area (Å²) in [7, 11) is 0. The number of hydrogen-bond acceptors (Lipinski definition) is 4. The van der Waals surface area contributed by atoms with Gasteiger partial charge in [0.15, 0.2) is 0 Å². The van der Waals surface area contributed by atoms with Crippen molar-refractivity contribution >= 4 is 38.9 Å². The van der Waals surface area contributed by atoms with Gasteiger partial charge in [-0.15, -0.1) is 11.3 Å². The lowest BCUT2D eigenvalue weighted by molar-refractivity contribution is 0.0840. The quantitative estimate of drug-likeness (QED) is 0.805. The standard InChI is InChI=1S/C13H13ClFNO3S/c14-11-9-2-1-8(15)7-10(9)20-12(11)13(18)16-3-5-19-6-4-17/h1-2,7,17H,3-6H2,(H,16,18). The van der Waals surface area contributed by atoms with Crippen LogP contribution in [0.5, 0.6) is 0 Å². The first kappa shape index (κ1) is 15.2. The van der Waals surface area contributed by atoms with E-state index in [1.807, 2.05) is 0 Å². The average Bonchev–Trinajstić information content (AvgIpc) is 2.75.